The van der Waals surface area contributed by atoms with E-state index < -0.39 is 0 Å². The van der Waals surface area contributed by atoms with E-state index in [1.165, 1.54) is 10.5 Å². The molecule has 0 spiro atoms. The maximum Gasteiger partial charge on any atom is 0.421 e. The average Bonchev–Trinajstić information content (AvgIpc) is 3.00. The number of hydrogen-bond acceptors (Lipinski definition) is 4. The van der Waals surface area contributed by atoms with E-state index in [1.807, 2.05) is 11.8 Å². The summed E-state index contributed by atoms with van der Waals surface area (Å²) in [5.41, 5.74) is 2.54. The Bertz CT molecular complexity index is 812. The highest BCUT2D eigenvalue weighted by molar-refractivity contribution is 8.00. The maximum absolute atomic E-state index is 11.9. The first-order valence-electron chi connectivity index (χ1n) is 6.50. The molecule has 4 rings (SSSR count). The standard InChI is InChI=1S/C15H12N2O2S/c18-15-17(14-12(19-15)5-3-7-16-14)9-11-8-10-4-1-2-6-13(10)20-11/h1-7,11H,8-9H2. The highest BCUT2D eigenvalue weighted by Crippen LogP contribution is 2.37. The molecule has 0 aliphatic carbocycles. The third-order valence-corrected chi connectivity index (χ3v) is 4.83. The molecule has 3 heterocycles. The molecule has 1 aromatic carbocycles. The lowest BCUT2D eigenvalue weighted by atomic mass is 10.1. The number of benzene rings is 1. The highest BCUT2D eigenvalue weighted by Gasteiger charge is 2.24. The Hall–Kier alpha value is -2.01. The van der Waals surface area contributed by atoms with Crippen LogP contribution in [-0.4, -0.2) is 14.8 Å². The molecule has 0 bridgehead atoms. The van der Waals surface area contributed by atoms with E-state index in [4.69, 9.17) is 4.42 Å². The van der Waals surface area contributed by atoms with Crippen molar-refractivity contribution in [1.82, 2.24) is 9.55 Å². The van der Waals surface area contributed by atoms with Gasteiger partial charge in [0.05, 0.1) is 0 Å². The third-order valence-electron chi connectivity index (χ3n) is 3.52. The fraction of sp³-hybridized carbons (Fsp3) is 0.200. The zero-order valence-electron chi connectivity index (χ0n) is 10.7. The summed E-state index contributed by atoms with van der Waals surface area (Å²) in [6.07, 6.45) is 2.66. The Morgan fingerprint density at radius 2 is 2.20 bits per heavy atom. The predicted molar refractivity (Wildman–Crippen MR) is 78.1 cm³/mol. The fourth-order valence-corrected chi connectivity index (χ4v) is 3.93. The number of aromatic nitrogens is 2. The zero-order valence-corrected chi connectivity index (χ0v) is 11.5. The van der Waals surface area contributed by atoms with E-state index in [9.17, 15) is 4.79 Å². The van der Waals surface area contributed by atoms with Crippen molar-refractivity contribution in [2.45, 2.75) is 23.1 Å². The molecule has 0 N–H and O–H groups in total. The Morgan fingerprint density at radius 3 is 3.10 bits per heavy atom. The van der Waals surface area contributed by atoms with Gasteiger partial charge in [0.2, 0.25) is 0 Å². The molecule has 0 saturated heterocycles. The largest absolute Gasteiger partial charge is 0.421 e. The van der Waals surface area contributed by atoms with Crippen LogP contribution in [0.5, 0.6) is 0 Å². The number of hydrogen-bond donors (Lipinski definition) is 0. The SMILES string of the molecule is O=c1oc2cccnc2n1CC1Cc2ccccc2S1. The highest BCUT2D eigenvalue weighted by atomic mass is 32.2. The van der Waals surface area contributed by atoms with Crippen molar-refractivity contribution in [2.75, 3.05) is 0 Å². The monoisotopic (exact) mass is 284 g/mol. The van der Waals surface area contributed by atoms with Crippen LogP contribution in [0.4, 0.5) is 0 Å². The molecule has 20 heavy (non-hydrogen) atoms. The van der Waals surface area contributed by atoms with Crippen LogP contribution < -0.4 is 5.76 Å². The molecule has 2 aromatic heterocycles. The first-order valence-corrected chi connectivity index (χ1v) is 7.38. The zero-order chi connectivity index (χ0) is 13.5. The normalized spacial score (nSPS) is 17.5. The van der Waals surface area contributed by atoms with Gasteiger partial charge >= 0.3 is 5.76 Å². The van der Waals surface area contributed by atoms with Crippen molar-refractivity contribution in [3.63, 3.8) is 0 Å². The van der Waals surface area contributed by atoms with Crippen LogP contribution in [0.3, 0.4) is 0 Å². The van der Waals surface area contributed by atoms with E-state index in [1.54, 1.807) is 22.9 Å². The van der Waals surface area contributed by atoms with Crippen molar-refractivity contribution in [3.8, 4) is 0 Å². The summed E-state index contributed by atoms with van der Waals surface area (Å²) in [7, 11) is 0. The van der Waals surface area contributed by atoms with E-state index in [2.05, 4.69) is 29.2 Å². The minimum absolute atomic E-state index is 0.324. The van der Waals surface area contributed by atoms with Gasteiger partial charge in [-0.1, -0.05) is 18.2 Å². The van der Waals surface area contributed by atoms with Gasteiger partial charge < -0.3 is 4.42 Å². The second-order valence-electron chi connectivity index (χ2n) is 4.86. The molecule has 3 aromatic rings. The van der Waals surface area contributed by atoms with Crippen LogP contribution in [0.2, 0.25) is 0 Å². The molecular formula is C15H12N2O2S. The second-order valence-corrected chi connectivity index (χ2v) is 6.20. The van der Waals surface area contributed by atoms with Crippen molar-refractivity contribution >= 4 is 23.0 Å². The number of nitrogens with zero attached hydrogens (tertiary/aromatic N) is 2. The molecular weight excluding hydrogens is 272 g/mol. The Morgan fingerprint density at radius 1 is 1.30 bits per heavy atom. The summed E-state index contributed by atoms with van der Waals surface area (Å²) in [6, 6.07) is 11.9. The maximum atomic E-state index is 11.9. The van der Waals surface area contributed by atoms with Crippen molar-refractivity contribution in [3.05, 3.63) is 58.7 Å². The molecule has 1 aliphatic rings. The lowest BCUT2D eigenvalue weighted by molar-refractivity contribution is 0.501. The topological polar surface area (TPSA) is 48.0 Å². The molecule has 4 nitrogen and oxygen atoms in total. The Labute approximate surface area is 119 Å². The predicted octanol–water partition coefficient (Wildman–Crippen LogP) is 2.71. The molecule has 5 heteroatoms. The fourth-order valence-electron chi connectivity index (χ4n) is 2.62. The van der Waals surface area contributed by atoms with Gasteiger partial charge in [0.25, 0.3) is 0 Å². The second kappa shape index (κ2) is 4.52. The molecule has 0 radical (unpaired) electrons. The van der Waals surface area contributed by atoms with Crippen molar-refractivity contribution in [1.29, 1.82) is 0 Å². The first kappa shape index (κ1) is 11.8. The lowest BCUT2D eigenvalue weighted by Crippen LogP contribution is -2.21. The summed E-state index contributed by atoms with van der Waals surface area (Å²) < 4.78 is 6.86. The minimum Gasteiger partial charge on any atom is -0.406 e. The molecule has 1 unspecified atom stereocenters. The first-order chi connectivity index (χ1) is 9.81. The van der Waals surface area contributed by atoms with Gasteiger partial charge in [-0.2, -0.15) is 0 Å². The molecule has 0 fully saturated rings. The van der Waals surface area contributed by atoms with Crippen LogP contribution in [0.25, 0.3) is 11.2 Å². The molecule has 0 amide bonds. The van der Waals surface area contributed by atoms with Gasteiger partial charge in [0, 0.05) is 22.9 Å². The van der Waals surface area contributed by atoms with Gasteiger partial charge in [-0.05, 0) is 30.2 Å². The van der Waals surface area contributed by atoms with Crippen LogP contribution in [0.1, 0.15) is 5.56 Å². The van der Waals surface area contributed by atoms with Crippen LogP contribution in [0, 0.1) is 0 Å². The van der Waals surface area contributed by atoms with Gasteiger partial charge in [0.15, 0.2) is 11.2 Å². The van der Waals surface area contributed by atoms with Gasteiger partial charge in [0.1, 0.15) is 0 Å². The van der Waals surface area contributed by atoms with Crippen LogP contribution >= 0.6 is 11.8 Å². The number of pyridine rings is 1. The minimum atomic E-state index is -0.324. The summed E-state index contributed by atoms with van der Waals surface area (Å²) in [5, 5.41) is 0.355. The van der Waals surface area contributed by atoms with Crippen molar-refractivity contribution in [2.24, 2.45) is 0 Å². The summed E-state index contributed by atoms with van der Waals surface area (Å²) in [5.74, 6) is -0.324. The number of thioether (sulfide) groups is 1. The Balaban J connectivity index is 1.67. The van der Waals surface area contributed by atoms with E-state index in [0.717, 1.165) is 6.42 Å². The van der Waals surface area contributed by atoms with Crippen molar-refractivity contribution < 1.29 is 4.42 Å². The number of oxazole rings is 1. The Kier molecular flexibility index (Phi) is 2.67. The smallest absolute Gasteiger partial charge is 0.406 e. The van der Waals surface area contributed by atoms with Crippen LogP contribution in [-0.2, 0) is 13.0 Å². The van der Waals surface area contributed by atoms with Crippen LogP contribution in [0.15, 0.2) is 56.7 Å². The third kappa shape index (κ3) is 1.86. The van der Waals surface area contributed by atoms with E-state index >= 15 is 0 Å². The van der Waals surface area contributed by atoms with Gasteiger partial charge in [-0.3, -0.25) is 4.57 Å². The lowest BCUT2D eigenvalue weighted by Gasteiger charge is -2.08. The quantitative estimate of drug-likeness (QED) is 0.726. The van der Waals surface area contributed by atoms with Gasteiger partial charge in [-0.25, -0.2) is 9.78 Å². The van der Waals surface area contributed by atoms with E-state index in [0.29, 0.717) is 23.0 Å². The summed E-state index contributed by atoms with van der Waals surface area (Å²) >= 11 is 1.82. The summed E-state index contributed by atoms with van der Waals surface area (Å²) in [4.78, 5) is 17.5. The average molecular weight is 284 g/mol. The van der Waals surface area contributed by atoms with Gasteiger partial charge in [-0.15, -0.1) is 11.8 Å². The molecule has 1 aliphatic heterocycles. The number of rotatable bonds is 2. The summed E-state index contributed by atoms with van der Waals surface area (Å²) in [6.45, 7) is 0.627. The molecule has 0 saturated carbocycles. The molecule has 1 atom stereocenters. The molecule has 100 valence electrons. The van der Waals surface area contributed by atoms with E-state index in [-0.39, 0.29) is 5.76 Å². The number of fused-ring (bicyclic) bond motifs is 2.